The molecule has 1 saturated carbocycles. The summed E-state index contributed by atoms with van der Waals surface area (Å²) in [5.74, 6) is 0.586. The summed E-state index contributed by atoms with van der Waals surface area (Å²) < 4.78 is 18.1. The normalized spacial score (nSPS) is 18.2. The maximum absolute atomic E-state index is 12.6. The molecule has 158 valence electrons. The van der Waals surface area contributed by atoms with Crippen LogP contribution >= 0.6 is 11.6 Å². The Labute approximate surface area is 176 Å². The molecule has 2 aromatic heterocycles. The maximum atomic E-state index is 12.6. The Balaban J connectivity index is 1.35. The lowest BCUT2D eigenvalue weighted by Gasteiger charge is -2.34. The number of carbonyl (C=O) groups is 1. The minimum absolute atomic E-state index is 0.0653. The summed E-state index contributed by atoms with van der Waals surface area (Å²) in [6, 6.07) is 6.91. The van der Waals surface area contributed by atoms with Gasteiger partial charge in [0, 0.05) is 13.5 Å². The van der Waals surface area contributed by atoms with Crippen LogP contribution in [0.3, 0.4) is 0 Å². The summed E-state index contributed by atoms with van der Waals surface area (Å²) in [4.78, 5) is 31.6. The summed E-state index contributed by atoms with van der Waals surface area (Å²) in [7, 11) is 0. The molecule has 4 rings (SSSR count). The number of ether oxygens (including phenoxy) is 2. The van der Waals surface area contributed by atoms with Crippen LogP contribution in [0.15, 0.2) is 39.9 Å². The summed E-state index contributed by atoms with van der Waals surface area (Å²) in [6.45, 7) is 2.90. The van der Waals surface area contributed by atoms with E-state index in [1.54, 1.807) is 24.3 Å². The highest BCUT2D eigenvalue weighted by molar-refractivity contribution is 6.33. The van der Waals surface area contributed by atoms with Gasteiger partial charge < -0.3 is 19.3 Å². The molecular formula is C20H21ClN4O5. The number of amides is 1. The third-order valence-corrected chi connectivity index (χ3v) is 5.23. The number of nitrogens with zero attached hydrogens (tertiary/aromatic N) is 3. The van der Waals surface area contributed by atoms with Gasteiger partial charge in [0.05, 0.1) is 24.7 Å². The van der Waals surface area contributed by atoms with Crippen molar-refractivity contribution in [2.45, 2.75) is 25.9 Å². The zero-order valence-electron chi connectivity index (χ0n) is 16.3. The smallest absolute Gasteiger partial charge is 0.296 e. The second-order valence-electron chi connectivity index (χ2n) is 7.13. The third kappa shape index (κ3) is 4.31. The second-order valence-corrected chi connectivity index (χ2v) is 7.51. The number of hydrogen-bond acceptors (Lipinski definition) is 7. The first-order chi connectivity index (χ1) is 14.5. The lowest BCUT2D eigenvalue weighted by Crippen LogP contribution is -2.37. The van der Waals surface area contributed by atoms with E-state index in [9.17, 15) is 9.59 Å². The molecule has 3 aromatic rings. The van der Waals surface area contributed by atoms with Gasteiger partial charge in [0.1, 0.15) is 11.3 Å². The monoisotopic (exact) mass is 432 g/mol. The van der Waals surface area contributed by atoms with E-state index in [1.807, 2.05) is 0 Å². The zero-order chi connectivity index (χ0) is 21.1. The van der Waals surface area contributed by atoms with E-state index in [4.69, 9.17) is 25.6 Å². The SMILES string of the molecule is CC(=O)NCCOC1CC(COc2ncnc(-n3oc4ccccc4c3=O)c2Cl)C1. The fraction of sp³-hybridized carbons (Fsp3) is 0.400. The van der Waals surface area contributed by atoms with Crippen molar-refractivity contribution in [2.24, 2.45) is 5.92 Å². The van der Waals surface area contributed by atoms with Crippen LogP contribution in [0.2, 0.25) is 5.02 Å². The Bertz CT molecular complexity index is 1110. The molecule has 0 saturated heterocycles. The van der Waals surface area contributed by atoms with Crippen LogP contribution in [0.1, 0.15) is 19.8 Å². The highest BCUT2D eigenvalue weighted by Gasteiger charge is 2.31. The molecule has 0 bridgehead atoms. The van der Waals surface area contributed by atoms with Crippen molar-refractivity contribution in [3.63, 3.8) is 0 Å². The summed E-state index contributed by atoms with van der Waals surface area (Å²) in [6.07, 6.45) is 3.17. The number of nitrogens with one attached hydrogen (secondary N) is 1. The Morgan fingerprint density at radius 1 is 1.33 bits per heavy atom. The van der Waals surface area contributed by atoms with Gasteiger partial charge in [-0.25, -0.2) is 9.97 Å². The molecule has 1 amide bonds. The minimum atomic E-state index is -0.351. The topological polar surface area (TPSA) is 108 Å². The molecule has 0 spiro atoms. The highest BCUT2D eigenvalue weighted by atomic mass is 35.5. The number of para-hydroxylation sites is 1. The van der Waals surface area contributed by atoms with Crippen molar-refractivity contribution in [1.82, 2.24) is 20.0 Å². The van der Waals surface area contributed by atoms with E-state index in [-0.39, 0.29) is 34.3 Å². The van der Waals surface area contributed by atoms with Crippen LogP contribution in [0.5, 0.6) is 5.88 Å². The molecular weight excluding hydrogens is 412 g/mol. The van der Waals surface area contributed by atoms with Crippen LogP contribution in [-0.2, 0) is 9.53 Å². The number of aromatic nitrogens is 3. The third-order valence-electron chi connectivity index (χ3n) is 4.90. The summed E-state index contributed by atoms with van der Waals surface area (Å²) >= 11 is 6.40. The molecule has 30 heavy (non-hydrogen) atoms. The first-order valence-corrected chi connectivity index (χ1v) is 10.0. The van der Waals surface area contributed by atoms with Gasteiger partial charge in [0.25, 0.3) is 5.56 Å². The van der Waals surface area contributed by atoms with E-state index in [1.165, 1.54) is 13.3 Å². The number of hydrogen-bond donors (Lipinski definition) is 1. The number of halogens is 1. The van der Waals surface area contributed by atoms with Crippen LogP contribution < -0.4 is 15.6 Å². The summed E-state index contributed by atoms with van der Waals surface area (Å²) in [5.41, 5.74) is 0.0917. The van der Waals surface area contributed by atoms with Crippen LogP contribution in [0.25, 0.3) is 16.8 Å². The Kier molecular flexibility index (Phi) is 6.01. The van der Waals surface area contributed by atoms with E-state index in [0.29, 0.717) is 36.6 Å². The molecule has 9 nitrogen and oxygen atoms in total. The predicted octanol–water partition coefficient (Wildman–Crippen LogP) is 2.34. The van der Waals surface area contributed by atoms with Gasteiger partial charge >= 0.3 is 0 Å². The van der Waals surface area contributed by atoms with E-state index >= 15 is 0 Å². The molecule has 1 aliphatic rings. The largest absolute Gasteiger partial charge is 0.476 e. The molecule has 1 N–H and O–H groups in total. The first kappa shape index (κ1) is 20.4. The number of fused-ring (bicyclic) bond motifs is 1. The molecule has 2 heterocycles. The van der Waals surface area contributed by atoms with Crippen LogP contribution in [-0.4, -0.2) is 46.5 Å². The maximum Gasteiger partial charge on any atom is 0.296 e. The number of benzene rings is 1. The van der Waals surface area contributed by atoms with Crippen molar-refractivity contribution in [3.05, 3.63) is 46.0 Å². The average Bonchev–Trinajstić information content (AvgIpc) is 3.03. The van der Waals surface area contributed by atoms with Gasteiger partial charge in [-0.3, -0.25) is 9.59 Å². The molecule has 1 fully saturated rings. The number of rotatable bonds is 8. The van der Waals surface area contributed by atoms with E-state index in [0.717, 1.165) is 17.6 Å². The molecule has 0 radical (unpaired) electrons. The van der Waals surface area contributed by atoms with Crippen molar-refractivity contribution >= 4 is 28.5 Å². The highest BCUT2D eigenvalue weighted by Crippen LogP contribution is 2.32. The van der Waals surface area contributed by atoms with E-state index in [2.05, 4.69) is 15.3 Å². The van der Waals surface area contributed by atoms with Crippen LogP contribution in [0, 0.1) is 5.92 Å². The molecule has 1 aromatic carbocycles. The fourth-order valence-electron chi connectivity index (χ4n) is 3.29. The van der Waals surface area contributed by atoms with Crippen molar-refractivity contribution in [1.29, 1.82) is 0 Å². The Morgan fingerprint density at radius 2 is 2.13 bits per heavy atom. The van der Waals surface area contributed by atoms with Crippen molar-refractivity contribution in [3.8, 4) is 11.7 Å². The molecule has 10 heteroatoms. The van der Waals surface area contributed by atoms with Gasteiger partial charge in [-0.2, -0.15) is 0 Å². The quantitative estimate of drug-likeness (QED) is 0.544. The molecule has 0 aliphatic heterocycles. The number of carbonyl (C=O) groups excluding carboxylic acids is 1. The standard InChI is InChI=1S/C20H21ClN4O5/c1-12(26)22-6-7-28-14-8-13(9-14)10-29-19-17(21)18(23-11-24-19)25-20(27)15-4-2-3-5-16(15)30-25/h2-5,11,13-14H,6-10H2,1H3,(H,22,26). The van der Waals surface area contributed by atoms with Gasteiger partial charge in [-0.1, -0.05) is 23.7 Å². The van der Waals surface area contributed by atoms with Gasteiger partial charge in [-0.05, 0) is 30.9 Å². The van der Waals surface area contributed by atoms with Gasteiger partial charge in [0.15, 0.2) is 11.4 Å². The van der Waals surface area contributed by atoms with Gasteiger partial charge in [0.2, 0.25) is 11.8 Å². The molecule has 0 unspecified atom stereocenters. The van der Waals surface area contributed by atoms with Crippen molar-refractivity contribution < 1.29 is 18.8 Å². The zero-order valence-corrected chi connectivity index (χ0v) is 17.1. The Morgan fingerprint density at radius 3 is 2.90 bits per heavy atom. The van der Waals surface area contributed by atoms with Gasteiger partial charge in [-0.15, -0.1) is 4.74 Å². The predicted molar refractivity (Wildman–Crippen MR) is 109 cm³/mol. The fourth-order valence-corrected chi connectivity index (χ4v) is 3.52. The average molecular weight is 433 g/mol. The van der Waals surface area contributed by atoms with Crippen LogP contribution in [0.4, 0.5) is 0 Å². The van der Waals surface area contributed by atoms with E-state index < -0.39 is 0 Å². The minimum Gasteiger partial charge on any atom is -0.476 e. The summed E-state index contributed by atoms with van der Waals surface area (Å²) in [5, 5.41) is 3.25. The van der Waals surface area contributed by atoms with Crippen molar-refractivity contribution in [2.75, 3.05) is 19.8 Å². The lowest BCUT2D eigenvalue weighted by atomic mass is 9.83. The molecule has 1 aliphatic carbocycles. The first-order valence-electron chi connectivity index (χ1n) is 9.63. The molecule has 0 atom stereocenters. The second kappa shape index (κ2) is 8.85. The Hall–Kier alpha value is -2.91. The lowest BCUT2D eigenvalue weighted by molar-refractivity contribution is -0.119.